The van der Waals surface area contributed by atoms with Gasteiger partial charge >= 0.3 is 12.0 Å². The topological polar surface area (TPSA) is 82.1 Å². The maximum absolute atomic E-state index is 11.8. The van der Waals surface area contributed by atoms with Gasteiger partial charge in [0.05, 0.1) is 6.54 Å². The Morgan fingerprint density at radius 1 is 1.21 bits per heavy atom. The lowest BCUT2D eigenvalue weighted by Crippen LogP contribution is -2.52. The number of amides is 2. The van der Waals surface area contributed by atoms with Gasteiger partial charge in [0.25, 0.3) is 0 Å². The Kier molecular flexibility index (Phi) is 7.20. The highest BCUT2D eigenvalue weighted by molar-refractivity contribution is 5.74. The standard InChI is InChI=1S/C12H23N3O4/c1-19-9-3-2-4-13-12(18)15-7-5-14(6-8-15)10-11(16)17/h2-10H2,1H3,(H,13,18)(H,16,17). The number of aliphatic carboxylic acids is 1. The number of carboxylic acid groups (broad SMARTS) is 1. The van der Waals surface area contributed by atoms with Crippen LogP contribution in [0.5, 0.6) is 0 Å². The Morgan fingerprint density at radius 2 is 1.89 bits per heavy atom. The Labute approximate surface area is 113 Å². The number of urea groups is 1. The van der Waals surface area contributed by atoms with Gasteiger partial charge in [0.15, 0.2) is 0 Å². The van der Waals surface area contributed by atoms with Gasteiger partial charge in [-0.15, -0.1) is 0 Å². The molecular weight excluding hydrogens is 250 g/mol. The van der Waals surface area contributed by atoms with Crippen LogP contribution in [0.1, 0.15) is 12.8 Å². The number of hydrogen-bond donors (Lipinski definition) is 2. The van der Waals surface area contributed by atoms with Crippen molar-refractivity contribution in [3.05, 3.63) is 0 Å². The van der Waals surface area contributed by atoms with Crippen molar-refractivity contribution in [2.45, 2.75) is 12.8 Å². The number of methoxy groups -OCH3 is 1. The smallest absolute Gasteiger partial charge is 0.317 e. The molecule has 2 amide bonds. The second-order valence-corrected chi connectivity index (χ2v) is 4.59. The van der Waals surface area contributed by atoms with Gasteiger partial charge in [-0.2, -0.15) is 0 Å². The van der Waals surface area contributed by atoms with Gasteiger partial charge in [0, 0.05) is 46.4 Å². The number of nitrogens with zero attached hydrogens (tertiary/aromatic N) is 2. The Morgan fingerprint density at radius 3 is 2.47 bits per heavy atom. The predicted octanol–water partition coefficient (Wildman–Crippen LogP) is -0.175. The number of nitrogens with one attached hydrogen (secondary N) is 1. The molecule has 0 aromatic rings. The zero-order valence-corrected chi connectivity index (χ0v) is 11.4. The van der Waals surface area contributed by atoms with Crippen LogP contribution in [0.4, 0.5) is 4.79 Å². The van der Waals surface area contributed by atoms with E-state index in [0.29, 0.717) is 39.3 Å². The molecular formula is C12H23N3O4. The Hall–Kier alpha value is -1.34. The van der Waals surface area contributed by atoms with Crippen LogP contribution in [-0.2, 0) is 9.53 Å². The number of carboxylic acids is 1. The van der Waals surface area contributed by atoms with Crippen LogP contribution in [0.2, 0.25) is 0 Å². The summed E-state index contributed by atoms with van der Waals surface area (Å²) in [5.41, 5.74) is 0. The molecule has 2 N–H and O–H groups in total. The minimum absolute atomic E-state index is 0.0481. The third-order valence-electron chi connectivity index (χ3n) is 3.07. The van der Waals surface area contributed by atoms with Crippen molar-refractivity contribution in [3.63, 3.8) is 0 Å². The third-order valence-corrected chi connectivity index (χ3v) is 3.07. The second-order valence-electron chi connectivity index (χ2n) is 4.59. The van der Waals surface area contributed by atoms with Crippen LogP contribution >= 0.6 is 0 Å². The van der Waals surface area contributed by atoms with E-state index in [1.165, 1.54) is 0 Å². The minimum Gasteiger partial charge on any atom is -0.480 e. The summed E-state index contributed by atoms with van der Waals surface area (Å²) in [4.78, 5) is 25.9. The molecule has 0 unspecified atom stereocenters. The fraction of sp³-hybridized carbons (Fsp3) is 0.833. The van der Waals surface area contributed by atoms with Crippen LogP contribution in [0.3, 0.4) is 0 Å². The fourth-order valence-corrected chi connectivity index (χ4v) is 1.98. The van der Waals surface area contributed by atoms with Crippen LogP contribution in [0.25, 0.3) is 0 Å². The summed E-state index contributed by atoms with van der Waals surface area (Å²) >= 11 is 0. The summed E-state index contributed by atoms with van der Waals surface area (Å²) in [7, 11) is 1.66. The van der Waals surface area contributed by atoms with Crippen molar-refractivity contribution in [2.75, 3.05) is 53.0 Å². The first-order valence-electron chi connectivity index (χ1n) is 6.59. The fourth-order valence-electron chi connectivity index (χ4n) is 1.98. The molecule has 7 heteroatoms. The average Bonchev–Trinajstić information content (AvgIpc) is 2.38. The van der Waals surface area contributed by atoms with Crippen molar-refractivity contribution in [3.8, 4) is 0 Å². The molecule has 1 rings (SSSR count). The number of ether oxygens (including phenoxy) is 1. The third kappa shape index (κ3) is 6.40. The monoisotopic (exact) mass is 273 g/mol. The summed E-state index contributed by atoms with van der Waals surface area (Å²) in [5, 5.41) is 11.5. The Balaban J connectivity index is 2.12. The van der Waals surface area contributed by atoms with Gasteiger partial charge in [-0.25, -0.2) is 4.79 Å². The first-order valence-corrected chi connectivity index (χ1v) is 6.59. The maximum atomic E-state index is 11.8. The van der Waals surface area contributed by atoms with Gasteiger partial charge in [0.2, 0.25) is 0 Å². The van der Waals surface area contributed by atoms with E-state index >= 15 is 0 Å². The van der Waals surface area contributed by atoms with E-state index in [1.807, 2.05) is 4.90 Å². The highest BCUT2D eigenvalue weighted by Crippen LogP contribution is 2.01. The molecule has 19 heavy (non-hydrogen) atoms. The number of carbonyl (C=O) groups excluding carboxylic acids is 1. The summed E-state index contributed by atoms with van der Waals surface area (Å²) in [5.74, 6) is -0.823. The van der Waals surface area contributed by atoms with Crippen LogP contribution in [0.15, 0.2) is 0 Å². The number of piperazine rings is 1. The molecule has 0 bridgehead atoms. The summed E-state index contributed by atoms with van der Waals surface area (Å²) < 4.78 is 4.93. The second kappa shape index (κ2) is 8.71. The summed E-state index contributed by atoms with van der Waals surface area (Å²) in [6.07, 6.45) is 1.84. The molecule has 110 valence electrons. The van der Waals surface area contributed by atoms with E-state index in [2.05, 4.69) is 5.32 Å². The van der Waals surface area contributed by atoms with Gasteiger partial charge in [-0.3, -0.25) is 9.69 Å². The minimum atomic E-state index is -0.823. The number of unbranched alkanes of at least 4 members (excludes halogenated alkanes) is 1. The predicted molar refractivity (Wildman–Crippen MR) is 70.2 cm³/mol. The highest BCUT2D eigenvalue weighted by Gasteiger charge is 2.21. The molecule has 0 atom stereocenters. The summed E-state index contributed by atoms with van der Waals surface area (Å²) in [6, 6.07) is -0.0626. The molecule has 0 spiro atoms. The lowest BCUT2D eigenvalue weighted by Gasteiger charge is -2.33. The molecule has 1 heterocycles. The van der Waals surface area contributed by atoms with Gasteiger partial charge in [-0.05, 0) is 12.8 Å². The number of hydrogen-bond acceptors (Lipinski definition) is 4. The summed E-state index contributed by atoms with van der Waals surface area (Å²) in [6.45, 7) is 3.80. The van der Waals surface area contributed by atoms with Crippen molar-refractivity contribution in [1.29, 1.82) is 0 Å². The molecule has 0 aliphatic carbocycles. The highest BCUT2D eigenvalue weighted by atomic mass is 16.5. The average molecular weight is 273 g/mol. The van der Waals surface area contributed by atoms with E-state index in [4.69, 9.17) is 9.84 Å². The first kappa shape index (κ1) is 15.7. The van der Waals surface area contributed by atoms with Crippen LogP contribution in [-0.4, -0.2) is 79.9 Å². The quantitative estimate of drug-likeness (QED) is 0.629. The molecule has 0 aromatic heterocycles. The molecule has 1 aliphatic heterocycles. The van der Waals surface area contributed by atoms with Crippen molar-refractivity contribution >= 4 is 12.0 Å². The maximum Gasteiger partial charge on any atom is 0.317 e. The molecule has 0 aromatic carbocycles. The van der Waals surface area contributed by atoms with Crippen LogP contribution < -0.4 is 5.32 Å². The molecule has 0 saturated carbocycles. The zero-order valence-electron chi connectivity index (χ0n) is 11.4. The zero-order chi connectivity index (χ0) is 14.1. The number of rotatable bonds is 7. The largest absolute Gasteiger partial charge is 0.480 e. The lowest BCUT2D eigenvalue weighted by atomic mass is 10.3. The molecule has 1 aliphatic rings. The normalized spacial score (nSPS) is 16.4. The van der Waals surface area contributed by atoms with Crippen LogP contribution in [0, 0.1) is 0 Å². The van der Waals surface area contributed by atoms with E-state index in [9.17, 15) is 9.59 Å². The Bertz CT molecular complexity index is 291. The van der Waals surface area contributed by atoms with Crippen molar-refractivity contribution in [1.82, 2.24) is 15.1 Å². The van der Waals surface area contributed by atoms with E-state index < -0.39 is 5.97 Å². The van der Waals surface area contributed by atoms with E-state index in [1.54, 1.807) is 12.0 Å². The molecule has 1 saturated heterocycles. The van der Waals surface area contributed by atoms with E-state index in [0.717, 1.165) is 12.8 Å². The van der Waals surface area contributed by atoms with Gasteiger partial charge in [0.1, 0.15) is 0 Å². The van der Waals surface area contributed by atoms with Gasteiger partial charge < -0.3 is 20.1 Å². The number of carbonyl (C=O) groups is 2. The van der Waals surface area contributed by atoms with Crippen molar-refractivity contribution in [2.24, 2.45) is 0 Å². The van der Waals surface area contributed by atoms with Gasteiger partial charge in [-0.1, -0.05) is 0 Å². The molecule has 1 fully saturated rings. The first-order chi connectivity index (χ1) is 9.13. The molecule has 7 nitrogen and oxygen atoms in total. The van der Waals surface area contributed by atoms with E-state index in [-0.39, 0.29) is 12.6 Å². The van der Waals surface area contributed by atoms with Crippen molar-refractivity contribution < 1.29 is 19.4 Å². The SMILES string of the molecule is COCCCCNC(=O)N1CCN(CC(=O)O)CC1. The molecule has 0 radical (unpaired) electrons. The lowest BCUT2D eigenvalue weighted by molar-refractivity contribution is -0.138.